The van der Waals surface area contributed by atoms with Crippen LogP contribution in [0.2, 0.25) is 0 Å². The van der Waals surface area contributed by atoms with Crippen molar-refractivity contribution in [2.75, 3.05) is 13.7 Å². The number of benzene rings is 1. The molecule has 0 aliphatic rings. The Morgan fingerprint density at radius 2 is 1.78 bits per heavy atom. The van der Waals surface area contributed by atoms with E-state index in [0.717, 1.165) is 0 Å². The number of carbonyl (C=O) groups is 1. The van der Waals surface area contributed by atoms with Crippen LogP contribution >= 0.6 is 0 Å². The Hall–Kier alpha value is -2.64. The molecule has 1 heterocycles. The molecule has 0 fully saturated rings. The Labute approximate surface area is 129 Å². The van der Waals surface area contributed by atoms with Crippen LogP contribution in [-0.4, -0.2) is 25.9 Å². The van der Waals surface area contributed by atoms with Gasteiger partial charge in [-0.25, -0.2) is 4.79 Å². The maximum atomic E-state index is 12.2. The molecule has 2 rings (SSSR count). The fourth-order valence-corrected chi connectivity index (χ4v) is 1.74. The van der Waals surface area contributed by atoms with Gasteiger partial charge in [-0.1, -0.05) is 12.1 Å². The molecule has 0 N–H and O–H groups in total. The van der Waals surface area contributed by atoms with E-state index < -0.39 is 18.8 Å². The van der Waals surface area contributed by atoms with Crippen molar-refractivity contribution in [1.29, 1.82) is 0 Å². The van der Waals surface area contributed by atoms with Crippen molar-refractivity contribution in [2.45, 2.75) is 12.8 Å². The molecule has 0 bridgehead atoms. The summed E-state index contributed by atoms with van der Waals surface area (Å²) >= 11 is 0. The van der Waals surface area contributed by atoms with Crippen LogP contribution in [0.3, 0.4) is 0 Å². The van der Waals surface area contributed by atoms with Crippen LogP contribution in [0.25, 0.3) is 0 Å². The van der Waals surface area contributed by atoms with Gasteiger partial charge in [-0.2, -0.15) is 13.2 Å². The van der Waals surface area contributed by atoms with Crippen LogP contribution in [-0.2, 0) is 11.3 Å². The highest BCUT2D eigenvalue weighted by Crippen LogP contribution is 2.29. The van der Waals surface area contributed by atoms with Gasteiger partial charge < -0.3 is 18.6 Å². The smallest absolute Gasteiger partial charge is 0.422 e. The number of esters is 1. The number of hydrogen-bond acceptors (Lipinski definition) is 5. The quantitative estimate of drug-likeness (QED) is 0.758. The van der Waals surface area contributed by atoms with E-state index in [-0.39, 0.29) is 29.4 Å². The second-order valence-corrected chi connectivity index (χ2v) is 4.39. The normalized spacial score (nSPS) is 11.1. The summed E-state index contributed by atoms with van der Waals surface area (Å²) in [5, 5.41) is 0. The Morgan fingerprint density at radius 3 is 2.39 bits per heavy atom. The summed E-state index contributed by atoms with van der Waals surface area (Å²) in [5.74, 6) is -0.360. The van der Waals surface area contributed by atoms with Gasteiger partial charge in [-0.05, 0) is 18.2 Å². The molecule has 0 saturated heterocycles. The van der Waals surface area contributed by atoms with E-state index in [2.05, 4.69) is 4.74 Å². The van der Waals surface area contributed by atoms with Gasteiger partial charge >= 0.3 is 12.1 Å². The molecule has 1 aromatic heterocycles. The standard InChI is InChI=1S/C15H13F3O5/c1-20-14(19)10-6-7-21-13(10)8-22-11-4-2-3-5-12(11)23-9-15(16,17)18/h2-7H,8-9H2,1H3. The van der Waals surface area contributed by atoms with Crippen molar-refractivity contribution < 1.29 is 36.6 Å². The lowest BCUT2D eigenvalue weighted by atomic mass is 10.2. The van der Waals surface area contributed by atoms with Crippen LogP contribution < -0.4 is 9.47 Å². The number of hydrogen-bond donors (Lipinski definition) is 0. The molecule has 124 valence electrons. The molecule has 0 saturated carbocycles. The van der Waals surface area contributed by atoms with Gasteiger partial charge in [0, 0.05) is 0 Å². The van der Waals surface area contributed by atoms with Crippen molar-refractivity contribution >= 4 is 5.97 Å². The number of alkyl halides is 3. The van der Waals surface area contributed by atoms with Gasteiger partial charge in [-0.3, -0.25) is 0 Å². The van der Waals surface area contributed by atoms with Crippen molar-refractivity contribution in [3.8, 4) is 11.5 Å². The van der Waals surface area contributed by atoms with Gasteiger partial charge in [0.25, 0.3) is 0 Å². The number of carbonyl (C=O) groups excluding carboxylic acids is 1. The highest BCUT2D eigenvalue weighted by molar-refractivity contribution is 5.90. The number of ether oxygens (including phenoxy) is 3. The van der Waals surface area contributed by atoms with Gasteiger partial charge in [-0.15, -0.1) is 0 Å². The second kappa shape index (κ2) is 7.08. The first-order valence-electron chi connectivity index (χ1n) is 6.47. The van der Waals surface area contributed by atoms with Crippen LogP contribution in [0.1, 0.15) is 16.1 Å². The number of methoxy groups -OCH3 is 1. The molecule has 0 unspecified atom stereocenters. The first-order chi connectivity index (χ1) is 10.9. The maximum Gasteiger partial charge on any atom is 0.422 e. The first-order valence-corrected chi connectivity index (χ1v) is 6.47. The van der Waals surface area contributed by atoms with Crippen molar-refractivity contribution in [3.63, 3.8) is 0 Å². The highest BCUT2D eigenvalue weighted by Gasteiger charge is 2.29. The second-order valence-electron chi connectivity index (χ2n) is 4.39. The molecule has 0 spiro atoms. The molecule has 1 aromatic carbocycles. The van der Waals surface area contributed by atoms with E-state index in [4.69, 9.17) is 13.9 Å². The zero-order valence-corrected chi connectivity index (χ0v) is 12.1. The molecular weight excluding hydrogens is 317 g/mol. The Kier molecular flexibility index (Phi) is 5.15. The van der Waals surface area contributed by atoms with E-state index in [9.17, 15) is 18.0 Å². The molecule has 0 amide bonds. The minimum Gasteiger partial charge on any atom is -0.482 e. The van der Waals surface area contributed by atoms with E-state index in [1.54, 1.807) is 6.07 Å². The summed E-state index contributed by atoms with van der Waals surface area (Å²) in [6, 6.07) is 7.32. The zero-order valence-electron chi connectivity index (χ0n) is 12.1. The molecule has 8 heteroatoms. The summed E-state index contributed by atoms with van der Waals surface area (Å²) in [7, 11) is 1.22. The predicted molar refractivity (Wildman–Crippen MR) is 72.4 cm³/mol. The average molecular weight is 330 g/mol. The molecular formula is C15H13F3O5. The summed E-state index contributed by atoms with van der Waals surface area (Å²) in [6.07, 6.45) is -3.16. The molecule has 0 radical (unpaired) electrons. The third-order valence-electron chi connectivity index (χ3n) is 2.75. The Balaban J connectivity index is 2.07. The minimum atomic E-state index is -4.45. The van der Waals surface area contributed by atoms with Gasteiger partial charge in [0.05, 0.1) is 13.4 Å². The topological polar surface area (TPSA) is 57.9 Å². The van der Waals surface area contributed by atoms with Crippen LogP contribution in [0.15, 0.2) is 41.0 Å². The lowest BCUT2D eigenvalue weighted by Gasteiger charge is -2.13. The summed E-state index contributed by atoms with van der Waals surface area (Å²) < 4.78 is 56.5. The summed E-state index contributed by atoms with van der Waals surface area (Å²) in [6.45, 7) is -1.59. The lowest BCUT2D eigenvalue weighted by molar-refractivity contribution is -0.153. The first kappa shape index (κ1) is 16.7. The van der Waals surface area contributed by atoms with E-state index in [0.29, 0.717) is 0 Å². The van der Waals surface area contributed by atoms with E-state index >= 15 is 0 Å². The Bertz CT molecular complexity index is 663. The van der Waals surface area contributed by atoms with Crippen molar-refractivity contribution in [3.05, 3.63) is 47.9 Å². The lowest BCUT2D eigenvalue weighted by Crippen LogP contribution is -2.19. The van der Waals surface area contributed by atoms with Crippen LogP contribution in [0.5, 0.6) is 11.5 Å². The fourth-order valence-electron chi connectivity index (χ4n) is 1.74. The summed E-state index contributed by atoms with van der Waals surface area (Å²) in [4.78, 5) is 11.5. The van der Waals surface area contributed by atoms with E-state index in [1.807, 2.05) is 0 Å². The van der Waals surface area contributed by atoms with Crippen LogP contribution in [0.4, 0.5) is 13.2 Å². The number of halogens is 3. The highest BCUT2D eigenvalue weighted by atomic mass is 19.4. The maximum absolute atomic E-state index is 12.2. The van der Waals surface area contributed by atoms with Crippen molar-refractivity contribution in [2.24, 2.45) is 0 Å². The zero-order chi connectivity index (χ0) is 16.9. The number of para-hydroxylation sites is 2. The minimum absolute atomic E-state index is 0.0593. The fraction of sp³-hybridized carbons (Fsp3) is 0.267. The third kappa shape index (κ3) is 4.67. The molecule has 2 aromatic rings. The van der Waals surface area contributed by atoms with Crippen molar-refractivity contribution in [1.82, 2.24) is 0 Å². The van der Waals surface area contributed by atoms with Gasteiger partial charge in [0.2, 0.25) is 0 Å². The molecule has 0 atom stereocenters. The molecule has 23 heavy (non-hydrogen) atoms. The molecule has 5 nitrogen and oxygen atoms in total. The van der Waals surface area contributed by atoms with Crippen LogP contribution in [0, 0.1) is 0 Å². The largest absolute Gasteiger partial charge is 0.482 e. The summed E-state index contributed by atoms with van der Waals surface area (Å²) in [5.41, 5.74) is 0.182. The van der Waals surface area contributed by atoms with Gasteiger partial charge in [0.15, 0.2) is 23.9 Å². The molecule has 0 aliphatic carbocycles. The average Bonchev–Trinajstić information content (AvgIpc) is 2.98. The third-order valence-corrected chi connectivity index (χ3v) is 2.75. The monoisotopic (exact) mass is 330 g/mol. The number of furan rings is 1. The Morgan fingerprint density at radius 1 is 1.13 bits per heavy atom. The van der Waals surface area contributed by atoms with E-state index in [1.165, 1.54) is 37.6 Å². The number of rotatable bonds is 6. The predicted octanol–water partition coefficient (Wildman–Crippen LogP) is 3.59. The van der Waals surface area contributed by atoms with Gasteiger partial charge in [0.1, 0.15) is 12.2 Å². The SMILES string of the molecule is COC(=O)c1ccoc1COc1ccccc1OCC(F)(F)F. The molecule has 0 aliphatic heterocycles.